The van der Waals surface area contributed by atoms with Gasteiger partial charge in [0, 0.05) is 20.2 Å². The lowest BCUT2D eigenvalue weighted by atomic mass is 10.3. The van der Waals surface area contributed by atoms with Gasteiger partial charge in [0.1, 0.15) is 11.5 Å². The second-order valence-corrected chi connectivity index (χ2v) is 3.51. The Balaban J connectivity index is 2.46. The van der Waals surface area contributed by atoms with Gasteiger partial charge in [-0.15, -0.1) is 0 Å². The average Bonchev–Trinajstić information content (AvgIpc) is 2.36. The van der Waals surface area contributed by atoms with Crippen molar-refractivity contribution in [2.45, 2.75) is 20.0 Å². The van der Waals surface area contributed by atoms with Crippen molar-refractivity contribution in [3.8, 4) is 0 Å². The Hall–Kier alpha value is -1.69. The minimum atomic E-state index is -0.244. The first-order valence-electron chi connectivity index (χ1n) is 5.57. The quantitative estimate of drug-likeness (QED) is 0.762. The van der Waals surface area contributed by atoms with Crippen LogP contribution in [0.2, 0.25) is 0 Å². The summed E-state index contributed by atoms with van der Waals surface area (Å²) in [6.07, 6.45) is 2.95. The summed E-state index contributed by atoms with van der Waals surface area (Å²) in [6, 6.07) is 0. The van der Waals surface area contributed by atoms with E-state index in [1.807, 2.05) is 13.8 Å². The number of aromatic nitrogens is 2. The van der Waals surface area contributed by atoms with Crippen LogP contribution in [0.3, 0.4) is 0 Å². The SMILES string of the molecule is CCOC(C)CNC(=O)c1cnc(NC)cn1. The lowest BCUT2D eigenvalue weighted by Gasteiger charge is -2.12. The van der Waals surface area contributed by atoms with Gasteiger partial charge in [0.25, 0.3) is 5.91 Å². The van der Waals surface area contributed by atoms with Gasteiger partial charge in [0.15, 0.2) is 0 Å². The minimum Gasteiger partial charge on any atom is -0.377 e. The van der Waals surface area contributed by atoms with E-state index in [9.17, 15) is 4.79 Å². The molecule has 0 aliphatic heterocycles. The summed E-state index contributed by atoms with van der Waals surface area (Å²) in [7, 11) is 1.74. The first-order valence-corrected chi connectivity index (χ1v) is 5.57. The number of amides is 1. The van der Waals surface area contributed by atoms with Crippen molar-refractivity contribution >= 4 is 11.7 Å². The van der Waals surface area contributed by atoms with Crippen LogP contribution in [-0.4, -0.2) is 42.2 Å². The van der Waals surface area contributed by atoms with E-state index in [1.54, 1.807) is 7.05 Å². The number of hydrogen-bond donors (Lipinski definition) is 2. The third-order valence-electron chi connectivity index (χ3n) is 2.14. The first kappa shape index (κ1) is 13.4. The second kappa shape index (κ2) is 6.80. The third kappa shape index (κ3) is 4.36. The topological polar surface area (TPSA) is 76.1 Å². The van der Waals surface area contributed by atoms with E-state index < -0.39 is 0 Å². The molecule has 0 saturated heterocycles. The van der Waals surface area contributed by atoms with Gasteiger partial charge in [-0.1, -0.05) is 0 Å². The van der Waals surface area contributed by atoms with Crippen LogP contribution < -0.4 is 10.6 Å². The van der Waals surface area contributed by atoms with E-state index in [1.165, 1.54) is 12.4 Å². The van der Waals surface area contributed by atoms with Crippen molar-refractivity contribution in [1.82, 2.24) is 15.3 Å². The zero-order valence-corrected chi connectivity index (χ0v) is 10.4. The Morgan fingerprint density at radius 1 is 1.47 bits per heavy atom. The minimum absolute atomic E-state index is 0.00603. The van der Waals surface area contributed by atoms with E-state index in [4.69, 9.17) is 4.74 Å². The molecule has 6 heteroatoms. The highest BCUT2D eigenvalue weighted by Gasteiger charge is 2.09. The van der Waals surface area contributed by atoms with Gasteiger partial charge in [-0.2, -0.15) is 0 Å². The highest BCUT2D eigenvalue weighted by atomic mass is 16.5. The standard InChI is InChI=1S/C11H18N4O2/c1-4-17-8(2)5-15-11(16)9-6-14-10(12-3)7-13-9/h6-8H,4-5H2,1-3H3,(H,12,14)(H,15,16). The lowest BCUT2D eigenvalue weighted by Crippen LogP contribution is -2.32. The van der Waals surface area contributed by atoms with E-state index in [-0.39, 0.29) is 12.0 Å². The Morgan fingerprint density at radius 2 is 2.24 bits per heavy atom. The summed E-state index contributed by atoms with van der Waals surface area (Å²) in [5.41, 5.74) is 0.299. The summed E-state index contributed by atoms with van der Waals surface area (Å²) in [5.74, 6) is 0.385. The number of carbonyl (C=O) groups excluding carboxylic acids is 1. The van der Waals surface area contributed by atoms with Crippen LogP contribution in [0.4, 0.5) is 5.82 Å². The highest BCUT2D eigenvalue weighted by Crippen LogP contribution is 1.99. The molecule has 1 atom stereocenters. The molecule has 0 bridgehead atoms. The maximum absolute atomic E-state index is 11.7. The van der Waals surface area contributed by atoms with Gasteiger partial charge in [-0.3, -0.25) is 4.79 Å². The average molecular weight is 238 g/mol. The molecule has 0 fully saturated rings. The van der Waals surface area contributed by atoms with Gasteiger partial charge in [-0.05, 0) is 13.8 Å². The molecule has 0 aromatic carbocycles. The van der Waals surface area contributed by atoms with Crippen molar-refractivity contribution in [2.24, 2.45) is 0 Å². The summed E-state index contributed by atoms with van der Waals surface area (Å²) in [5, 5.41) is 5.57. The zero-order chi connectivity index (χ0) is 12.7. The Morgan fingerprint density at radius 3 is 2.76 bits per heavy atom. The molecule has 1 heterocycles. The summed E-state index contributed by atoms with van der Waals surface area (Å²) < 4.78 is 5.30. The van der Waals surface area contributed by atoms with Gasteiger partial charge < -0.3 is 15.4 Å². The molecule has 6 nitrogen and oxygen atoms in total. The third-order valence-corrected chi connectivity index (χ3v) is 2.14. The van der Waals surface area contributed by atoms with E-state index in [0.717, 1.165) is 0 Å². The van der Waals surface area contributed by atoms with Crippen LogP contribution >= 0.6 is 0 Å². The zero-order valence-electron chi connectivity index (χ0n) is 10.4. The smallest absolute Gasteiger partial charge is 0.271 e. The fraction of sp³-hybridized carbons (Fsp3) is 0.545. The Labute approximate surface area is 101 Å². The van der Waals surface area contributed by atoms with Crippen LogP contribution in [0.1, 0.15) is 24.3 Å². The summed E-state index contributed by atoms with van der Waals surface area (Å²) in [6.45, 7) is 4.91. The molecule has 0 saturated carbocycles. The second-order valence-electron chi connectivity index (χ2n) is 3.51. The molecule has 1 rings (SSSR count). The molecule has 1 unspecified atom stereocenters. The molecular weight excluding hydrogens is 220 g/mol. The number of rotatable bonds is 6. The van der Waals surface area contributed by atoms with Crippen LogP contribution in [0.15, 0.2) is 12.4 Å². The number of nitrogens with zero attached hydrogens (tertiary/aromatic N) is 2. The normalized spacial score (nSPS) is 11.9. The number of anilines is 1. The molecule has 1 aromatic heterocycles. The first-order chi connectivity index (χ1) is 8.17. The van der Waals surface area contributed by atoms with Crippen molar-refractivity contribution in [1.29, 1.82) is 0 Å². The van der Waals surface area contributed by atoms with Crippen molar-refractivity contribution in [2.75, 3.05) is 25.5 Å². The molecule has 1 amide bonds. The molecular formula is C11H18N4O2. The van der Waals surface area contributed by atoms with Gasteiger partial charge in [0.2, 0.25) is 0 Å². The molecule has 0 aliphatic carbocycles. The van der Waals surface area contributed by atoms with E-state index in [0.29, 0.717) is 24.7 Å². The summed E-state index contributed by atoms with van der Waals surface area (Å²) in [4.78, 5) is 19.7. The van der Waals surface area contributed by atoms with Gasteiger partial charge in [0.05, 0.1) is 18.5 Å². The maximum atomic E-state index is 11.7. The monoisotopic (exact) mass is 238 g/mol. The van der Waals surface area contributed by atoms with Crippen molar-refractivity contribution < 1.29 is 9.53 Å². The van der Waals surface area contributed by atoms with E-state index >= 15 is 0 Å². The number of carbonyl (C=O) groups is 1. The fourth-order valence-corrected chi connectivity index (χ4v) is 1.24. The molecule has 17 heavy (non-hydrogen) atoms. The number of ether oxygens (including phenoxy) is 1. The van der Waals surface area contributed by atoms with Crippen LogP contribution in [0.25, 0.3) is 0 Å². The van der Waals surface area contributed by atoms with Crippen LogP contribution in [0, 0.1) is 0 Å². The molecule has 2 N–H and O–H groups in total. The predicted octanol–water partition coefficient (Wildman–Crippen LogP) is 0.673. The highest BCUT2D eigenvalue weighted by molar-refractivity contribution is 5.91. The molecule has 0 aliphatic rings. The molecule has 94 valence electrons. The molecule has 0 radical (unpaired) electrons. The number of hydrogen-bond acceptors (Lipinski definition) is 5. The largest absolute Gasteiger partial charge is 0.377 e. The predicted molar refractivity (Wildman–Crippen MR) is 65.0 cm³/mol. The van der Waals surface area contributed by atoms with Crippen molar-refractivity contribution in [3.05, 3.63) is 18.1 Å². The maximum Gasteiger partial charge on any atom is 0.271 e. The van der Waals surface area contributed by atoms with Gasteiger partial charge in [-0.25, -0.2) is 9.97 Å². The molecule has 1 aromatic rings. The van der Waals surface area contributed by atoms with Crippen LogP contribution in [0.5, 0.6) is 0 Å². The summed E-state index contributed by atoms with van der Waals surface area (Å²) >= 11 is 0. The van der Waals surface area contributed by atoms with Gasteiger partial charge >= 0.3 is 0 Å². The Kier molecular flexibility index (Phi) is 5.35. The number of nitrogens with one attached hydrogen (secondary N) is 2. The van der Waals surface area contributed by atoms with Crippen molar-refractivity contribution in [3.63, 3.8) is 0 Å². The Bertz CT molecular complexity index is 353. The van der Waals surface area contributed by atoms with E-state index in [2.05, 4.69) is 20.6 Å². The lowest BCUT2D eigenvalue weighted by molar-refractivity contribution is 0.0693. The fourth-order valence-electron chi connectivity index (χ4n) is 1.24. The van der Waals surface area contributed by atoms with Crippen LogP contribution in [-0.2, 0) is 4.74 Å². The molecule has 0 spiro atoms.